The molecule has 0 fully saturated rings. The summed E-state index contributed by atoms with van der Waals surface area (Å²) in [5.74, 6) is -0.884. The van der Waals surface area contributed by atoms with E-state index in [9.17, 15) is 14.4 Å². The second-order valence-electron chi connectivity index (χ2n) is 20.2. The number of hydrogen-bond acceptors (Lipinski definition) is 6. The van der Waals surface area contributed by atoms with E-state index in [1.807, 2.05) is 0 Å². The molecule has 0 aromatic carbocycles. The molecule has 1 atom stereocenters. The van der Waals surface area contributed by atoms with Crippen molar-refractivity contribution in [2.75, 3.05) is 13.2 Å². The lowest BCUT2D eigenvalue weighted by molar-refractivity contribution is -0.167. The van der Waals surface area contributed by atoms with Crippen LogP contribution in [0.4, 0.5) is 0 Å². The Morgan fingerprint density at radius 3 is 0.841 bits per heavy atom. The Labute approximate surface area is 428 Å². The standard InChI is InChI=1S/C63H114O6/c1-4-7-10-13-16-19-22-25-28-30-31-33-35-38-41-44-47-50-53-56-62(65)68-59-60(58-67-61(64)55-52-49-46-43-40-37-34-27-24-21-18-15-12-9-6-3)69-63(66)57-54-51-48-45-42-39-36-32-29-26-23-20-17-14-11-8-5-2/h18,21,25-29,34,60H,4-17,19-20,22-24,30-33,35-59H2,1-3H3/b21-18-,28-25-,29-26-,34-27-. The molecule has 0 aliphatic carbocycles. The molecule has 0 N–H and O–H groups in total. The largest absolute Gasteiger partial charge is 0.462 e. The molecule has 0 aromatic heterocycles. The summed E-state index contributed by atoms with van der Waals surface area (Å²) in [4.78, 5) is 38.2. The van der Waals surface area contributed by atoms with Gasteiger partial charge in [-0.2, -0.15) is 0 Å². The topological polar surface area (TPSA) is 78.9 Å². The van der Waals surface area contributed by atoms with Crippen LogP contribution in [0, 0.1) is 0 Å². The van der Waals surface area contributed by atoms with Crippen LogP contribution < -0.4 is 0 Å². The van der Waals surface area contributed by atoms with E-state index in [1.54, 1.807) is 0 Å². The molecule has 6 heteroatoms. The van der Waals surface area contributed by atoms with Crippen molar-refractivity contribution in [2.24, 2.45) is 0 Å². The van der Waals surface area contributed by atoms with Crippen molar-refractivity contribution >= 4 is 17.9 Å². The molecule has 0 saturated carbocycles. The maximum atomic E-state index is 12.9. The number of carbonyl (C=O) groups is 3. The van der Waals surface area contributed by atoms with Crippen molar-refractivity contribution in [1.82, 2.24) is 0 Å². The maximum Gasteiger partial charge on any atom is 0.306 e. The number of hydrogen-bond donors (Lipinski definition) is 0. The summed E-state index contributed by atoms with van der Waals surface area (Å²) in [6, 6.07) is 0. The van der Waals surface area contributed by atoms with E-state index >= 15 is 0 Å². The molecule has 0 spiro atoms. The van der Waals surface area contributed by atoms with Crippen LogP contribution in [0.3, 0.4) is 0 Å². The summed E-state index contributed by atoms with van der Waals surface area (Å²) in [5, 5.41) is 0. The Balaban J connectivity index is 4.37. The van der Waals surface area contributed by atoms with Gasteiger partial charge in [0.25, 0.3) is 0 Å². The molecule has 6 nitrogen and oxygen atoms in total. The highest BCUT2D eigenvalue weighted by Gasteiger charge is 2.19. The zero-order valence-electron chi connectivity index (χ0n) is 46.1. The van der Waals surface area contributed by atoms with Crippen LogP contribution in [-0.2, 0) is 28.6 Å². The average molecular weight is 968 g/mol. The fraction of sp³-hybridized carbons (Fsp3) is 0.825. The molecular weight excluding hydrogens is 853 g/mol. The Morgan fingerprint density at radius 1 is 0.290 bits per heavy atom. The molecule has 0 aliphatic rings. The summed E-state index contributed by atoms with van der Waals surface area (Å²) in [6.45, 7) is 6.63. The van der Waals surface area contributed by atoms with Gasteiger partial charge in [-0.25, -0.2) is 0 Å². The lowest BCUT2D eigenvalue weighted by atomic mass is 10.1. The van der Waals surface area contributed by atoms with E-state index in [-0.39, 0.29) is 31.1 Å². The molecule has 0 aliphatic heterocycles. The van der Waals surface area contributed by atoms with Crippen molar-refractivity contribution in [1.29, 1.82) is 0 Å². The van der Waals surface area contributed by atoms with Crippen molar-refractivity contribution in [2.45, 2.75) is 322 Å². The molecule has 0 aromatic rings. The van der Waals surface area contributed by atoms with Gasteiger partial charge in [-0.3, -0.25) is 14.4 Å². The molecule has 0 radical (unpaired) electrons. The Kier molecular flexibility index (Phi) is 55.7. The van der Waals surface area contributed by atoms with Gasteiger partial charge in [-0.15, -0.1) is 0 Å². The fourth-order valence-corrected chi connectivity index (χ4v) is 8.70. The first kappa shape index (κ1) is 66.4. The fourth-order valence-electron chi connectivity index (χ4n) is 8.70. The molecule has 402 valence electrons. The molecule has 0 rings (SSSR count). The summed E-state index contributed by atoms with van der Waals surface area (Å²) < 4.78 is 16.9. The second-order valence-corrected chi connectivity index (χ2v) is 20.2. The normalized spacial score (nSPS) is 12.3. The Bertz CT molecular complexity index is 1200. The molecule has 69 heavy (non-hydrogen) atoms. The van der Waals surface area contributed by atoms with Gasteiger partial charge < -0.3 is 14.2 Å². The van der Waals surface area contributed by atoms with Gasteiger partial charge in [0.05, 0.1) is 0 Å². The van der Waals surface area contributed by atoms with Crippen molar-refractivity contribution in [3.63, 3.8) is 0 Å². The first-order chi connectivity index (χ1) is 34.0. The van der Waals surface area contributed by atoms with E-state index in [4.69, 9.17) is 14.2 Å². The molecule has 0 amide bonds. The first-order valence-corrected chi connectivity index (χ1v) is 30.1. The Morgan fingerprint density at radius 2 is 0.522 bits per heavy atom. The van der Waals surface area contributed by atoms with Crippen molar-refractivity contribution in [3.05, 3.63) is 48.6 Å². The number of carbonyl (C=O) groups excluding carboxylic acids is 3. The SMILES string of the molecule is CCCCC/C=C\C/C=C\CCCCCCCC(=O)OCC(COC(=O)CCCCCCCCCCC/C=C\CCCCCCCC)OC(=O)CCCCCCCCC/C=C\CCCCCCCC. The Hall–Kier alpha value is -2.63. The minimum absolute atomic E-state index is 0.0787. The van der Waals surface area contributed by atoms with Crippen LogP contribution in [0.25, 0.3) is 0 Å². The molecule has 0 bridgehead atoms. The maximum absolute atomic E-state index is 12.9. The lowest BCUT2D eigenvalue weighted by Crippen LogP contribution is -2.30. The van der Waals surface area contributed by atoms with Crippen molar-refractivity contribution in [3.8, 4) is 0 Å². The van der Waals surface area contributed by atoms with E-state index in [2.05, 4.69) is 69.4 Å². The van der Waals surface area contributed by atoms with Crippen LogP contribution in [-0.4, -0.2) is 37.2 Å². The van der Waals surface area contributed by atoms with Gasteiger partial charge in [0.1, 0.15) is 13.2 Å². The van der Waals surface area contributed by atoms with Crippen LogP contribution in [0.15, 0.2) is 48.6 Å². The van der Waals surface area contributed by atoms with Gasteiger partial charge in [0, 0.05) is 19.3 Å². The minimum Gasteiger partial charge on any atom is -0.462 e. The van der Waals surface area contributed by atoms with Gasteiger partial charge in [0.2, 0.25) is 0 Å². The molecule has 0 heterocycles. The smallest absolute Gasteiger partial charge is 0.306 e. The summed E-state index contributed by atoms with van der Waals surface area (Å²) in [7, 11) is 0. The lowest BCUT2D eigenvalue weighted by Gasteiger charge is -2.18. The summed E-state index contributed by atoms with van der Waals surface area (Å²) in [5.41, 5.74) is 0. The number of unbranched alkanes of at least 4 members (excludes halogenated alkanes) is 36. The zero-order valence-corrected chi connectivity index (χ0v) is 46.1. The third-order valence-corrected chi connectivity index (χ3v) is 13.3. The predicted molar refractivity (Wildman–Crippen MR) is 298 cm³/mol. The van der Waals surface area contributed by atoms with Crippen LogP contribution in [0.5, 0.6) is 0 Å². The van der Waals surface area contributed by atoms with Gasteiger partial charge >= 0.3 is 17.9 Å². The van der Waals surface area contributed by atoms with Crippen molar-refractivity contribution < 1.29 is 28.6 Å². The quantitative estimate of drug-likeness (QED) is 0.0262. The number of allylic oxidation sites excluding steroid dienone is 8. The zero-order chi connectivity index (χ0) is 50.0. The molecule has 0 saturated heterocycles. The second kappa shape index (κ2) is 57.9. The third-order valence-electron chi connectivity index (χ3n) is 13.3. The number of ether oxygens (including phenoxy) is 3. The number of esters is 3. The first-order valence-electron chi connectivity index (χ1n) is 30.1. The van der Waals surface area contributed by atoms with Gasteiger partial charge in [-0.1, -0.05) is 243 Å². The third kappa shape index (κ3) is 56.2. The van der Waals surface area contributed by atoms with E-state index in [1.165, 1.54) is 199 Å². The highest BCUT2D eigenvalue weighted by atomic mass is 16.6. The van der Waals surface area contributed by atoms with E-state index in [0.717, 1.165) is 77.0 Å². The van der Waals surface area contributed by atoms with Gasteiger partial charge in [0.15, 0.2) is 6.10 Å². The van der Waals surface area contributed by atoms with Crippen LogP contribution in [0.1, 0.15) is 316 Å². The van der Waals surface area contributed by atoms with E-state index < -0.39 is 6.10 Å². The molecular formula is C63H114O6. The van der Waals surface area contributed by atoms with Crippen LogP contribution in [0.2, 0.25) is 0 Å². The van der Waals surface area contributed by atoms with E-state index in [0.29, 0.717) is 19.3 Å². The summed E-state index contributed by atoms with van der Waals surface area (Å²) in [6.07, 6.45) is 71.0. The highest BCUT2D eigenvalue weighted by molar-refractivity contribution is 5.71. The predicted octanol–water partition coefficient (Wildman–Crippen LogP) is 20.2. The minimum atomic E-state index is -0.782. The molecule has 1 unspecified atom stereocenters. The van der Waals surface area contributed by atoms with Gasteiger partial charge in [-0.05, 0) is 103 Å². The number of rotatable bonds is 55. The summed E-state index contributed by atoms with van der Waals surface area (Å²) >= 11 is 0. The average Bonchev–Trinajstić information content (AvgIpc) is 3.35. The van der Waals surface area contributed by atoms with Crippen LogP contribution >= 0.6 is 0 Å². The monoisotopic (exact) mass is 967 g/mol. The highest BCUT2D eigenvalue weighted by Crippen LogP contribution is 2.16.